The summed E-state index contributed by atoms with van der Waals surface area (Å²) in [5, 5.41) is 9.14. The zero-order chi connectivity index (χ0) is 10.6. The first kappa shape index (κ1) is 11.6. The van der Waals surface area contributed by atoms with Crippen LogP contribution in [0.4, 0.5) is 0 Å². The highest BCUT2D eigenvalue weighted by molar-refractivity contribution is 9.09. The number of hydrogen-bond acceptors (Lipinski definition) is 1. The second-order valence-corrected chi connectivity index (χ2v) is 5.14. The third kappa shape index (κ3) is 3.70. The molecule has 0 spiro atoms. The van der Waals surface area contributed by atoms with E-state index in [0.29, 0.717) is 10.6 Å². The van der Waals surface area contributed by atoms with Crippen molar-refractivity contribution in [3.05, 3.63) is 29.8 Å². The van der Waals surface area contributed by atoms with Crippen molar-refractivity contribution in [2.45, 2.75) is 31.5 Å². The molecule has 1 nitrogen and oxygen atoms in total. The van der Waals surface area contributed by atoms with Gasteiger partial charge in [-0.05, 0) is 36.5 Å². The Hall–Kier alpha value is -0.500. The number of phenolic OH excluding ortho intramolecular Hbond substituents is 1. The van der Waals surface area contributed by atoms with Gasteiger partial charge in [-0.2, -0.15) is 0 Å². The van der Waals surface area contributed by atoms with Crippen molar-refractivity contribution < 1.29 is 5.11 Å². The number of alkyl halides is 1. The van der Waals surface area contributed by atoms with Gasteiger partial charge in [0.05, 0.1) is 0 Å². The minimum atomic E-state index is 0.331. The van der Waals surface area contributed by atoms with Crippen LogP contribution < -0.4 is 0 Å². The zero-order valence-electron chi connectivity index (χ0n) is 8.70. The van der Waals surface area contributed by atoms with E-state index in [1.165, 1.54) is 12.0 Å². The monoisotopic (exact) mass is 256 g/mol. The lowest BCUT2D eigenvalue weighted by Crippen LogP contribution is -1.93. The zero-order valence-corrected chi connectivity index (χ0v) is 10.3. The summed E-state index contributed by atoms with van der Waals surface area (Å²) in [6.45, 7) is 4.47. The quantitative estimate of drug-likeness (QED) is 0.799. The Bertz CT molecular complexity index is 266. The van der Waals surface area contributed by atoms with Gasteiger partial charge >= 0.3 is 0 Å². The van der Waals surface area contributed by atoms with Crippen LogP contribution in [0.5, 0.6) is 5.75 Å². The van der Waals surface area contributed by atoms with Crippen LogP contribution in [0, 0.1) is 5.92 Å². The maximum atomic E-state index is 9.14. The summed E-state index contributed by atoms with van der Waals surface area (Å²) in [6, 6.07) is 7.40. The lowest BCUT2D eigenvalue weighted by molar-refractivity contribution is 0.475. The van der Waals surface area contributed by atoms with E-state index in [9.17, 15) is 0 Å². The molecule has 2 heteroatoms. The molecule has 0 amide bonds. The Morgan fingerprint density at radius 3 is 2.21 bits per heavy atom. The Kier molecular flexibility index (Phi) is 4.46. The number of benzene rings is 1. The molecule has 1 aromatic carbocycles. The highest BCUT2D eigenvalue weighted by Gasteiger charge is 2.07. The number of aromatic hydroxyl groups is 1. The van der Waals surface area contributed by atoms with Crippen LogP contribution in [-0.4, -0.2) is 5.11 Å². The van der Waals surface area contributed by atoms with E-state index in [2.05, 4.69) is 29.8 Å². The Morgan fingerprint density at radius 2 is 1.71 bits per heavy atom. The van der Waals surface area contributed by atoms with Crippen molar-refractivity contribution in [3.8, 4) is 5.75 Å². The van der Waals surface area contributed by atoms with Crippen molar-refractivity contribution in [1.29, 1.82) is 0 Å². The van der Waals surface area contributed by atoms with Gasteiger partial charge in [0.15, 0.2) is 0 Å². The molecule has 0 fully saturated rings. The van der Waals surface area contributed by atoms with Crippen molar-refractivity contribution in [3.63, 3.8) is 0 Å². The summed E-state index contributed by atoms with van der Waals surface area (Å²) in [6.07, 6.45) is 2.36. The second kappa shape index (κ2) is 5.40. The van der Waals surface area contributed by atoms with Crippen molar-refractivity contribution in [1.82, 2.24) is 0 Å². The molecule has 14 heavy (non-hydrogen) atoms. The SMILES string of the molecule is CC(C)CCC(Br)c1ccc(O)cc1. The number of rotatable bonds is 4. The van der Waals surface area contributed by atoms with Gasteiger partial charge < -0.3 is 5.11 Å². The van der Waals surface area contributed by atoms with E-state index in [-0.39, 0.29) is 0 Å². The fourth-order valence-corrected chi connectivity index (χ4v) is 1.90. The topological polar surface area (TPSA) is 20.2 Å². The first-order chi connectivity index (χ1) is 6.59. The molecule has 0 aliphatic heterocycles. The standard InChI is InChI=1S/C12H17BrO/c1-9(2)3-8-12(13)10-4-6-11(14)7-5-10/h4-7,9,12,14H,3,8H2,1-2H3. The number of halogens is 1. The Labute approximate surface area is 94.3 Å². The molecule has 1 rings (SSSR count). The molecule has 0 aromatic heterocycles. The number of hydrogen-bond donors (Lipinski definition) is 1. The number of phenols is 1. The molecule has 78 valence electrons. The molecule has 0 aliphatic carbocycles. The summed E-state index contributed by atoms with van der Waals surface area (Å²) in [4.78, 5) is 0.408. The summed E-state index contributed by atoms with van der Waals surface area (Å²) in [7, 11) is 0. The first-order valence-corrected chi connectivity index (χ1v) is 5.94. The molecular formula is C12H17BrO. The predicted molar refractivity (Wildman–Crippen MR) is 63.8 cm³/mol. The minimum absolute atomic E-state index is 0.331. The maximum absolute atomic E-state index is 9.14. The average Bonchev–Trinajstić information content (AvgIpc) is 2.15. The molecule has 0 aliphatic rings. The fourth-order valence-electron chi connectivity index (χ4n) is 1.33. The molecule has 0 saturated carbocycles. The highest BCUT2D eigenvalue weighted by Crippen LogP contribution is 2.29. The molecule has 0 bridgehead atoms. The molecule has 1 N–H and O–H groups in total. The van der Waals surface area contributed by atoms with Crippen molar-refractivity contribution in [2.75, 3.05) is 0 Å². The normalized spacial score (nSPS) is 13.1. The summed E-state index contributed by atoms with van der Waals surface area (Å²) < 4.78 is 0. The molecule has 0 radical (unpaired) electrons. The smallest absolute Gasteiger partial charge is 0.115 e. The molecule has 1 unspecified atom stereocenters. The van der Waals surface area contributed by atoms with Crippen molar-refractivity contribution in [2.24, 2.45) is 5.92 Å². The first-order valence-electron chi connectivity index (χ1n) is 5.02. The van der Waals surface area contributed by atoms with Gasteiger partial charge in [0.1, 0.15) is 5.75 Å². The van der Waals surface area contributed by atoms with Crippen LogP contribution >= 0.6 is 15.9 Å². The van der Waals surface area contributed by atoms with Crippen LogP contribution in [0.1, 0.15) is 37.1 Å². The van der Waals surface area contributed by atoms with E-state index < -0.39 is 0 Å². The lowest BCUT2D eigenvalue weighted by atomic mass is 10.0. The van der Waals surface area contributed by atoms with E-state index in [0.717, 1.165) is 12.3 Å². The summed E-state index contributed by atoms with van der Waals surface area (Å²) in [5.74, 6) is 1.07. The van der Waals surface area contributed by atoms with Crippen LogP contribution in [0.3, 0.4) is 0 Å². The predicted octanol–water partition coefficient (Wildman–Crippen LogP) is 4.26. The lowest BCUT2D eigenvalue weighted by Gasteiger charge is -2.11. The van der Waals surface area contributed by atoms with Gasteiger partial charge in [-0.25, -0.2) is 0 Å². The molecule has 1 aromatic rings. The van der Waals surface area contributed by atoms with Crippen LogP contribution in [0.15, 0.2) is 24.3 Å². The molecule has 0 heterocycles. The summed E-state index contributed by atoms with van der Waals surface area (Å²) in [5.41, 5.74) is 1.24. The maximum Gasteiger partial charge on any atom is 0.115 e. The van der Waals surface area contributed by atoms with Crippen LogP contribution in [-0.2, 0) is 0 Å². The molecule has 1 atom stereocenters. The van der Waals surface area contributed by atoms with E-state index >= 15 is 0 Å². The van der Waals surface area contributed by atoms with Crippen molar-refractivity contribution >= 4 is 15.9 Å². The average molecular weight is 257 g/mol. The minimum Gasteiger partial charge on any atom is -0.508 e. The van der Waals surface area contributed by atoms with Crippen LogP contribution in [0.25, 0.3) is 0 Å². The van der Waals surface area contributed by atoms with E-state index in [4.69, 9.17) is 5.11 Å². The van der Waals surface area contributed by atoms with E-state index in [1.54, 1.807) is 12.1 Å². The summed E-state index contributed by atoms with van der Waals surface area (Å²) >= 11 is 3.66. The Balaban J connectivity index is 2.52. The van der Waals surface area contributed by atoms with E-state index in [1.807, 2.05) is 12.1 Å². The van der Waals surface area contributed by atoms with Gasteiger partial charge in [0, 0.05) is 4.83 Å². The Morgan fingerprint density at radius 1 is 1.14 bits per heavy atom. The third-order valence-corrected chi connectivity index (χ3v) is 3.24. The highest BCUT2D eigenvalue weighted by atomic mass is 79.9. The van der Waals surface area contributed by atoms with Gasteiger partial charge in [-0.1, -0.05) is 41.9 Å². The van der Waals surface area contributed by atoms with Gasteiger partial charge in [0.25, 0.3) is 0 Å². The second-order valence-electron chi connectivity index (χ2n) is 4.03. The largest absolute Gasteiger partial charge is 0.508 e. The third-order valence-electron chi connectivity index (χ3n) is 2.25. The molecule has 0 saturated heterocycles. The van der Waals surface area contributed by atoms with Crippen LogP contribution in [0.2, 0.25) is 0 Å². The van der Waals surface area contributed by atoms with Gasteiger partial charge in [-0.15, -0.1) is 0 Å². The van der Waals surface area contributed by atoms with Gasteiger partial charge in [0.2, 0.25) is 0 Å². The molecular weight excluding hydrogens is 240 g/mol. The fraction of sp³-hybridized carbons (Fsp3) is 0.500. The van der Waals surface area contributed by atoms with Gasteiger partial charge in [-0.3, -0.25) is 0 Å².